The SMILES string of the molecule is CN1CCN(c2nc(N)c(C#N)cc2C#N)CC1. The van der Waals surface area contributed by atoms with Crippen LogP contribution in [0, 0.1) is 22.7 Å². The number of piperazine rings is 1. The smallest absolute Gasteiger partial charge is 0.149 e. The van der Waals surface area contributed by atoms with E-state index in [0.717, 1.165) is 26.2 Å². The number of hydrogen-bond donors (Lipinski definition) is 1. The summed E-state index contributed by atoms with van der Waals surface area (Å²) in [6.45, 7) is 3.46. The van der Waals surface area contributed by atoms with Crippen LogP contribution in [0.15, 0.2) is 6.07 Å². The van der Waals surface area contributed by atoms with Crippen LogP contribution in [0.25, 0.3) is 0 Å². The molecule has 0 atom stereocenters. The third-order valence-electron chi connectivity index (χ3n) is 3.08. The Balaban J connectivity index is 2.36. The normalized spacial score (nSPS) is 16.1. The van der Waals surface area contributed by atoms with Crippen LogP contribution in [0.5, 0.6) is 0 Å². The Hall–Kier alpha value is -2.31. The fourth-order valence-corrected chi connectivity index (χ4v) is 1.95. The van der Waals surface area contributed by atoms with E-state index in [-0.39, 0.29) is 11.4 Å². The van der Waals surface area contributed by atoms with E-state index >= 15 is 0 Å². The molecule has 2 N–H and O–H groups in total. The van der Waals surface area contributed by atoms with Crippen molar-refractivity contribution >= 4 is 11.6 Å². The van der Waals surface area contributed by atoms with E-state index in [1.54, 1.807) is 0 Å². The molecule has 1 fully saturated rings. The summed E-state index contributed by atoms with van der Waals surface area (Å²) in [6.07, 6.45) is 0. The molecule has 1 saturated heterocycles. The van der Waals surface area contributed by atoms with Gasteiger partial charge in [-0.25, -0.2) is 4.98 Å². The maximum atomic E-state index is 9.13. The molecular weight excluding hydrogens is 228 g/mol. The average Bonchev–Trinajstić information content (AvgIpc) is 2.39. The zero-order valence-electron chi connectivity index (χ0n) is 10.2. The maximum Gasteiger partial charge on any atom is 0.149 e. The molecule has 0 spiro atoms. The molecule has 2 heterocycles. The van der Waals surface area contributed by atoms with Crippen molar-refractivity contribution in [3.8, 4) is 12.1 Å². The second-order valence-electron chi connectivity index (χ2n) is 4.31. The highest BCUT2D eigenvalue weighted by Gasteiger charge is 2.19. The van der Waals surface area contributed by atoms with Crippen molar-refractivity contribution in [2.75, 3.05) is 43.9 Å². The second-order valence-corrected chi connectivity index (χ2v) is 4.31. The number of nitrogen functional groups attached to an aromatic ring is 1. The van der Waals surface area contributed by atoms with Crippen LogP contribution in [0.1, 0.15) is 11.1 Å². The Bertz CT molecular complexity index is 531. The molecular formula is C12H14N6. The van der Waals surface area contributed by atoms with E-state index in [1.807, 2.05) is 11.0 Å². The van der Waals surface area contributed by atoms with E-state index in [0.29, 0.717) is 11.4 Å². The van der Waals surface area contributed by atoms with Gasteiger partial charge in [0.15, 0.2) is 0 Å². The third kappa shape index (κ3) is 2.20. The summed E-state index contributed by atoms with van der Waals surface area (Å²) in [4.78, 5) is 8.46. The number of hydrogen-bond acceptors (Lipinski definition) is 6. The minimum absolute atomic E-state index is 0.186. The number of pyridine rings is 1. The Labute approximate surface area is 106 Å². The van der Waals surface area contributed by atoms with Gasteiger partial charge in [0.25, 0.3) is 0 Å². The number of nitriles is 2. The molecule has 1 aromatic rings. The van der Waals surface area contributed by atoms with Crippen LogP contribution in [0.4, 0.5) is 11.6 Å². The summed E-state index contributed by atoms with van der Waals surface area (Å²) < 4.78 is 0. The van der Waals surface area contributed by atoms with Gasteiger partial charge < -0.3 is 15.5 Å². The van der Waals surface area contributed by atoms with Crippen LogP contribution in [0.3, 0.4) is 0 Å². The molecule has 1 aliphatic rings. The van der Waals surface area contributed by atoms with Crippen LogP contribution in [-0.4, -0.2) is 43.1 Å². The number of anilines is 2. The maximum absolute atomic E-state index is 9.13. The molecule has 92 valence electrons. The highest BCUT2D eigenvalue weighted by molar-refractivity contribution is 5.63. The Morgan fingerprint density at radius 1 is 1.17 bits per heavy atom. The molecule has 0 aromatic carbocycles. The highest BCUT2D eigenvalue weighted by atomic mass is 15.3. The zero-order valence-corrected chi connectivity index (χ0v) is 10.2. The molecule has 1 aromatic heterocycles. The van der Waals surface area contributed by atoms with Gasteiger partial charge in [-0.3, -0.25) is 0 Å². The van der Waals surface area contributed by atoms with E-state index in [2.05, 4.69) is 23.0 Å². The molecule has 0 amide bonds. The van der Waals surface area contributed by atoms with E-state index in [9.17, 15) is 0 Å². The lowest BCUT2D eigenvalue weighted by molar-refractivity contribution is 0.312. The Morgan fingerprint density at radius 3 is 2.33 bits per heavy atom. The zero-order chi connectivity index (χ0) is 13.1. The predicted molar refractivity (Wildman–Crippen MR) is 67.8 cm³/mol. The van der Waals surface area contributed by atoms with Crippen LogP contribution >= 0.6 is 0 Å². The topological polar surface area (TPSA) is 93.0 Å². The predicted octanol–water partition coefficient (Wildman–Crippen LogP) is 0.159. The first kappa shape index (κ1) is 12.2. The van der Waals surface area contributed by atoms with Crippen molar-refractivity contribution in [3.63, 3.8) is 0 Å². The summed E-state index contributed by atoms with van der Waals surface area (Å²) >= 11 is 0. The van der Waals surface area contributed by atoms with E-state index < -0.39 is 0 Å². The fraction of sp³-hybridized carbons (Fsp3) is 0.417. The quantitative estimate of drug-likeness (QED) is 0.754. The third-order valence-corrected chi connectivity index (χ3v) is 3.08. The first-order valence-electron chi connectivity index (χ1n) is 5.70. The van der Waals surface area contributed by atoms with Crippen molar-refractivity contribution in [2.45, 2.75) is 0 Å². The molecule has 18 heavy (non-hydrogen) atoms. The summed E-state index contributed by atoms with van der Waals surface area (Å²) in [5, 5.41) is 18.0. The Morgan fingerprint density at radius 2 is 1.78 bits per heavy atom. The molecule has 6 heteroatoms. The van der Waals surface area contributed by atoms with Crippen molar-refractivity contribution in [2.24, 2.45) is 0 Å². The number of aromatic nitrogens is 1. The largest absolute Gasteiger partial charge is 0.383 e. The first-order valence-corrected chi connectivity index (χ1v) is 5.70. The van der Waals surface area contributed by atoms with Crippen molar-refractivity contribution < 1.29 is 0 Å². The molecule has 0 aliphatic carbocycles. The van der Waals surface area contributed by atoms with Gasteiger partial charge in [-0.05, 0) is 13.1 Å². The van der Waals surface area contributed by atoms with Gasteiger partial charge in [0, 0.05) is 26.2 Å². The van der Waals surface area contributed by atoms with Crippen LogP contribution in [-0.2, 0) is 0 Å². The molecule has 0 unspecified atom stereocenters. The molecule has 0 bridgehead atoms. The van der Waals surface area contributed by atoms with Crippen molar-refractivity contribution in [1.29, 1.82) is 10.5 Å². The molecule has 6 nitrogen and oxygen atoms in total. The minimum Gasteiger partial charge on any atom is -0.383 e. The molecule has 0 radical (unpaired) electrons. The summed E-state index contributed by atoms with van der Waals surface area (Å²) in [6, 6.07) is 5.53. The fourth-order valence-electron chi connectivity index (χ4n) is 1.95. The number of likely N-dealkylation sites (N-methyl/N-ethyl adjacent to an activating group) is 1. The summed E-state index contributed by atoms with van der Waals surface area (Å²) in [5.74, 6) is 0.771. The van der Waals surface area contributed by atoms with E-state index in [1.165, 1.54) is 6.07 Å². The highest BCUT2D eigenvalue weighted by Crippen LogP contribution is 2.22. The average molecular weight is 242 g/mol. The van der Waals surface area contributed by atoms with Gasteiger partial charge >= 0.3 is 0 Å². The van der Waals surface area contributed by atoms with Gasteiger partial charge in [-0.15, -0.1) is 0 Å². The van der Waals surface area contributed by atoms with Crippen LogP contribution < -0.4 is 10.6 Å². The van der Waals surface area contributed by atoms with Gasteiger partial charge in [0.2, 0.25) is 0 Å². The summed E-state index contributed by atoms with van der Waals surface area (Å²) in [5.41, 5.74) is 6.37. The molecule has 1 aliphatic heterocycles. The van der Waals surface area contributed by atoms with Crippen molar-refractivity contribution in [1.82, 2.24) is 9.88 Å². The van der Waals surface area contributed by atoms with E-state index in [4.69, 9.17) is 16.3 Å². The van der Waals surface area contributed by atoms with Gasteiger partial charge in [0.05, 0.1) is 11.1 Å². The molecule has 2 rings (SSSR count). The Kier molecular flexibility index (Phi) is 3.31. The lowest BCUT2D eigenvalue weighted by Crippen LogP contribution is -2.45. The minimum atomic E-state index is 0.186. The number of nitrogens with zero attached hydrogens (tertiary/aromatic N) is 5. The van der Waals surface area contributed by atoms with Gasteiger partial charge in [0.1, 0.15) is 23.8 Å². The molecule has 0 saturated carbocycles. The lowest BCUT2D eigenvalue weighted by Gasteiger charge is -2.33. The number of nitrogens with two attached hydrogens (primary N) is 1. The summed E-state index contributed by atoms with van der Waals surface area (Å²) in [7, 11) is 2.06. The van der Waals surface area contributed by atoms with Crippen LogP contribution in [0.2, 0.25) is 0 Å². The van der Waals surface area contributed by atoms with Crippen molar-refractivity contribution in [3.05, 3.63) is 17.2 Å². The monoisotopic (exact) mass is 242 g/mol. The van der Waals surface area contributed by atoms with Gasteiger partial charge in [-0.1, -0.05) is 0 Å². The second kappa shape index (κ2) is 4.91. The lowest BCUT2D eigenvalue weighted by atomic mass is 10.1. The number of rotatable bonds is 1. The first-order chi connectivity index (χ1) is 8.65. The van der Waals surface area contributed by atoms with Gasteiger partial charge in [-0.2, -0.15) is 10.5 Å². The standard InChI is InChI=1S/C12H14N6/c1-17-2-4-18(5-3-17)12-10(8-14)6-9(7-13)11(15)16-12/h6H,2-5H2,1H3,(H2,15,16).